The van der Waals surface area contributed by atoms with Gasteiger partial charge in [0.2, 0.25) is 17.7 Å². The Hall–Kier alpha value is -2.83. The third-order valence-electron chi connectivity index (χ3n) is 4.78. The molecule has 7 heteroatoms. The van der Waals surface area contributed by atoms with E-state index in [1.807, 2.05) is 24.3 Å². The lowest BCUT2D eigenvalue weighted by molar-refractivity contribution is -0.135. The molecule has 28 heavy (non-hydrogen) atoms. The number of benzene rings is 1. The molecule has 7 nitrogen and oxygen atoms in total. The van der Waals surface area contributed by atoms with Crippen LogP contribution in [-0.2, 0) is 20.9 Å². The fraction of sp³-hybridized carbons (Fsp3) is 0.476. The Morgan fingerprint density at radius 1 is 1.21 bits per heavy atom. The van der Waals surface area contributed by atoms with E-state index < -0.39 is 0 Å². The van der Waals surface area contributed by atoms with Gasteiger partial charge in [0.1, 0.15) is 5.75 Å². The lowest BCUT2D eigenvalue weighted by Gasteiger charge is -2.31. The first kappa shape index (κ1) is 21.5. The molecule has 1 heterocycles. The van der Waals surface area contributed by atoms with Gasteiger partial charge in [-0.05, 0) is 43.5 Å². The van der Waals surface area contributed by atoms with Gasteiger partial charge in [-0.15, -0.1) is 0 Å². The van der Waals surface area contributed by atoms with Crippen LogP contribution in [0.3, 0.4) is 0 Å². The number of ether oxygens (including phenoxy) is 1. The van der Waals surface area contributed by atoms with Crippen LogP contribution in [-0.4, -0.2) is 49.4 Å². The average molecular weight is 387 g/mol. The molecule has 152 valence electrons. The minimum Gasteiger partial charge on any atom is -0.497 e. The van der Waals surface area contributed by atoms with Crippen molar-refractivity contribution in [2.45, 2.75) is 32.7 Å². The number of piperidine rings is 1. The number of hydrogen-bond acceptors (Lipinski definition) is 4. The van der Waals surface area contributed by atoms with E-state index in [0.717, 1.165) is 11.3 Å². The molecule has 1 aliphatic rings. The Bertz CT molecular complexity index is 709. The lowest BCUT2D eigenvalue weighted by atomic mass is 9.95. The summed E-state index contributed by atoms with van der Waals surface area (Å²) in [6.07, 6.45) is 4.67. The highest BCUT2D eigenvalue weighted by Gasteiger charge is 2.26. The number of carbonyl (C=O) groups is 3. The van der Waals surface area contributed by atoms with Crippen molar-refractivity contribution in [2.24, 2.45) is 5.92 Å². The summed E-state index contributed by atoms with van der Waals surface area (Å²) >= 11 is 0. The molecule has 0 unspecified atom stereocenters. The van der Waals surface area contributed by atoms with Gasteiger partial charge >= 0.3 is 0 Å². The summed E-state index contributed by atoms with van der Waals surface area (Å²) < 4.78 is 5.19. The van der Waals surface area contributed by atoms with Gasteiger partial charge in [0.15, 0.2) is 0 Å². The molecule has 1 aliphatic heterocycles. The summed E-state index contributed by atoms with van der Waals surface area (Å²) in [6, 6.07) is 7.60. The van der Waals surface area contributed by atoms with Crippen molar-refractivity contribution in [3.05, 3.63) is 42.0 Å². The molecule has 0 bridgehead atoms. The van der Waals surface area contributed by atoms with Crippen molar-refractivity contribution >= 4 is 17.7 Å². The Labute approximate surface area is 166 Å². The minimum atomic E-state index is -0.193. The van der Waals surface area contributed by atoms with Gasteiger partial charge in [-0.1, -0.05) is 18.2 Å². The fourth-order valence-electron chi connectivity index (χ4n) is 3.17. The molecule has 1 aromatic carbocycles. The summed E-state index contributed by atoms with van der Waals surface area (Å²) in [4.78, 5) is 37.8. The third kappa shape index (κ3) is 6.72. The molecule has 0 aliphatic carbocycles. The van der Waals surface area contributed by atoms with Crippen LogP contribution in [0.1, 0.15) is 31.7 Å². The van der Waals surface area contributed by atoms with Gasteiger partial charge in [-0.3, -0.25) is 14.4 Å². The molecule has 3 amide bonds. The number of nitrogens with one attached hydrogen (secondary N) is 2. The molecule has 2 rings (SSSR count). The highest BCUT2D eigenvalue weighted by molar-refractivity contribution is 5.87. The lowest BCUT2D eigenvalue weighted by Crippen LogP contribution is -2.43. The van der Waals surface area contributed by atoms with Crippen molar-refractivity contribution in [1.29, 1.82) is 0 Å². The van der Waals surface area contributed by atoms with E-state index in [-0.39, 0.29) is 30.1 Å². The smallest absolute Gasteiger partial charge is 0.243 e. The maximum atomic E-state index is 12.4. The molecule has 0 aromatic heterocycles. The largest absolute Gasteiger partial charge is 0.497 e. The Morgan fingerprint density at radius 2 is 1.96 bits per heavy atom. The molecule has 0 atom stereocenters. The zero-order chi connectivity index (χ0) is 20.4. The van der Waals surface area contributed by atoms with Crippen LogP contribution in [0.15, 0.2) is 36.4 Å². The molecule has 0 saturated carbocycles. The van der Waals surface area contributed by atoms with E-state index in [4.69, 9.17) is 4.74 Å². The van der Waals surface area contributed by atoms with Gasteiger partial charge < -0.3 is 20.3 Å². The Balaban J connectivity index is 1.69. The number of hydrogen-bond donors (Lipinski definition) is 2. The quantitative estimate of drug-likeness (QED) is 0.664. The van der Waals surface area contributed by atoms with Crippen LogP contribution in [0.4, 0.5) is 0 Å². The van der Waals surface area contributed by atoms with Crippen LogP contribution in [0.2, 0.25) is 0 Å². The highest BCUT2D eigenvalue weighted by atomic mass is 16.5. The summed E-state index contributed by atoms with van der Waals surface area (Å²) in [6.45, 7) is 3.68. The van der Waals surface area contributed by atoms with E-state index in [9.17, 15) is 14.4 Å². The number of rotatable bonds is 8. The third-order valence-corrected chi connectivity index (χ3v) is 4.78. The summed E-state index contributed by atoms with van der Waals surface area (Å²) in [7, 11) is 1.61. The van der Waals surface area contributed by atoms with E-state index in [2.05, 4.69) is 10.6 Å². The first-order valence-corrected chi connectivity index (χ1v) is 9.62. The van der Waals surface area contributed by atoms with Crippen molar-refractivity contribution in [2.75, 3.05) is 26.7 Å². The molecule has 2 N–H and O–H groups in total. The van der Waals surface area contributed by atoms with Crippen LogP contribution in [0, 0.1) is 5.92 Å². The predicted octanol–water partition coefficient (Wildman–Crippen LogP) is 1.63. The normalized spacial score (nSPS) is 14.7. The number of nitrogens with zero attached hydrogens (tertiary/aromatic N) is 1. The summed E-state index contributed by atoms with van der Waals surface area (Å²) in [5.41, 5.74) is 0.986. The molecule has 0 spiro atoms. The number of allylic oxidation sites excluding steroid dienone is 1. The Kier molecular flexibility index (Phi) is 8.52. The molecule has 1 fully saturated rings. The summed E-state index contributed by atoms with van der Waals surface area (Å²) in [5.74, 6) is 0.524. The number of carbonyl (C=O) groups excluding carboxylic acids is 3. The maximum absolute atomic E-state index is 12.4. The summed E-state index contributed by atoms with van der Waals surface area (Å²) in [5, 5.41) is 5.65. The van der Waals surface area contributed by atoms with Crippen LogP contribution in [0.25, 0.3) is 0 Å². The standard InChI is InChI=1S/C21H29N3O4/c1-3-5-19(25)22-11-8-20(26)24-12-9-17(10-13-24)21(27)23-15-16-6-4-7-18(14-16)28-2/h3-7,14,17H,8-13,15H2,1-2H3,(H,22,25)(H,23,27)/b5-3+. The van der Waals surface area contributed by atoms with E-state index in [1.54, 1.807) is 25.0 Å². The Morgan fingerprint density at radius 3 is 2.64 bits per heavy atom. The topological polar surface area (TPSA) is 87.7 Å². The second-order valence-electron chi connectivity index (χ2n) is 6.77. The van der Waals surface area contributed by atoms with Gasteiger partial charge in [0, 0.05) is 38.5 Å². The average Bonchev–Trinajstić information content (AvgIpc) is 2.72. The number of methoxy groups -OCH3 is 1. The van der Waals surface area contributed by atoms with Crippen molar-refractivity contribution in [3.63, 3.8) is 0 Å². The zero-order valence-corrected chi connectivity index (χ0v) is 16.6. The van der Waals surface area contributed by atoms with Gasteiger partial charge in [0.05, 0.1) is 7.11 Å². The highest BCUT2D eigenvalue weighted by Crippen LogP contribution is 2.18. The molecular weight excluding hydrogens is 358 g/mol. The second kappa shape index (κ2) is 11.1. The van der Waals surface area contributed by atoms with Gasteiger partial charge in [0.25, 0.3) is 0 Å². The van der Waals surface area contributed by atoms with Crippen molar-refractivity contribution < 1.29 is 19.1 Å². The van der Waals surface area contributed by atoms with E-state index in [1.165, 1.54) is 6.08 Å². The van der Waals surface area contributed by atoms with Crippen molar-refractivity contribution in [1.82, 2.24) is 15.5 Å². The monoisotopic (exact) mass is 387 g/mol. The first-order chi connectivity index (χ1) is 13.5. The van der Waals surface area contributed by atoms with Crippen LogP contribution >= 0.6 is 0 Å². The molecule has 1 saturated heterocycles. The maximum Gasteiger partial charge on any atom is 0.243 e. The van der Waals surface area contributed by atoms with Crippen LogP contribution in [0.5, 0.6) is 5.75 Å². The second-order valence-corrected chi connectivity index (χ2v) is 6.77. The number of likely N-dealkylation sites (tertiary alicyclic amines) is 1. The first-order valence-electron chi connectivity index (χ1n) is 9.62. The van der Waals surface area contributed by atoms with Crippen molar-refractivity contribution in [3.8, 4) is 5.75 Å². The fourth-order valence-corrected chi connectivity index (χ4v) is 3.17. The molecular formula is C21H29N3O4. The predicted molar refractivity (Wildman–Crippen MR) is 107 cm³/mol. The molecule has 0 radical (unpaired) electrons. The van der Waals surface area contributed by atoms with E-state index >= 15 is 0 Å². The minimum absolute atomic E-state index is 0.0102. The zero-order valence-electron chi connectivity index (χ0n) is 16.6. The number of amides is 3. The molecule has 1 aromatic rings. The SMILES string of the molecule is C/C=C/C(=O)NCCC(=O)N1CCC(C(=O)NCc2cccc(OC)c2)CC1. The van der Waals surface area contributed by atoms with Gasteiger partial charge in [-0.2, -0.15) is 0 Å². The van der Waals surface area contributed by atoms with E-state index in [0.29, 0.717) is 39.0 Å². The van der Waals surface area contributed by atoms with Crippen LogP contribution < -0.4 is 15.4 Å². The van der Waals surface area contributed by atoms with Gasteiger partial charge in [-0.25, -0.2) is 0 Å².